The molecule has 0 saturated heterocycles. The number of sulfonamides is 1. The molecule has 0 fully saturated rings. The van der Waals surface area contributed by atoms with Gasteiger partial charge in [0.1, 0.15) is 4.90 Å². The van der Waals surface area contributed by atoms with Crippen molar-refractivity contribution in [1.82, 2.24) is 0 Å². The monoisotopic (exact) mass is 377 g/mol. The molecule has 1 aliphatic rings. The van der Waals surface area contributed by atoms with Crippen LogP contribution in [0.3, 0.4) is 0 Å². The quantitative estimate of drug-likeness (QED) is 0.858. The Morgan fingerprint density at radius 2 is 2.15 bits per heavy atom. The molecule has 9 heteroatoms. The number of methoxy groups -OCH3 is 1. The van der Waals surface area contributed by atoms with Crippen LogP contribution in [0.4, 0.5) is 16.2 Å². The first-order valence-corrected chi connectivity index (χ1v) is 9.55. The van der Waals surface area contributed by atoms with Crippen LogP contribution in [-0.4, -0.2) is 34.0 Å². The Kier molecular flexibility index (Phi) is 4.99. The van der Waals surface area contributed by atoms with Crippen molar-refractivity contribution in [3.63, 3.8) is 0 Å². The molecule has 26 heavy (non-hydrogen) atoms. The van der Waals surface area contributed by atoms with Crippen molar-refractivity contribution in [3.8, 4) is 0 Å². The van der Waals surface area contributed by atoms with E-state index in [4.69, 9.17) is 4.42 Å². The summed E-state index contributed by atoms with van der Waals surface area (Å²) >= 11 is 0. The molecule has 0 saturated carbocycles. The van der Waals surface area contributed by atoms with Crippen molar-refractivity contribution in [2.45, 2.75) is 24.7 Å². The lowest BCUT2D eigenvalue weighted by atomic mass is 10.2. The summed E-state index contributed by atoms with van der Waals surface area (Å²) in [6.45, 7) is 2.64. The van der Waals surface area contributed by atoms with E-state index in [0.29, 0.717) is 23.7 Å². The lowest BCUT2D eigenvalue weighted by Crippen LogP contribution is -2.37. The lowest BCUT2D eigenvalue weighted by molar-refractivity contribution is 0.187. The number of furan rings is 1. The van der Waals surface area contributed by atoms with Crippen LogP contribution in [0.15, 0.2) is 50.3 Å². The van der Waals surface area contributed by atoms with E-state index in [2.05, 4.69) is 21.4 Å². The van der Waals surface area contributed by atoms with Crippen LogP contribution in [0.1, 0.15) is 25.5 Å². The molecular weight excluding hydrogens is 358 g/mol. The molecule has 1 aliphatic heterocycles. The zero-order valence-electron chi connectivity index (χ0n) is 14.4. The number of hydrogen-bond donors (Lipinski definition) is 1. The van der Waals surface area contributed by atoms with Gasteiger partial charge in [-0.05, 0) is 36.8 Å². The first kappa shape index (κ1) is 18.0. The van der Waals surface area contributed by atoms with E-state index in [1.165, 1.54) is 19.4 Å². The van der Waals surface area contributed by atoms with Gasteiger partial charge in [0.2, 0.25) is 0 Å². The summed E-state index contributed by atoms with van der Waals surface area (Å²) in [4.78, 5) is 13.2. The zero-order chi connectivity index (χ0) is 18.7. The van der Waals surface area contributed by atoms with Gasteiger partial charge in [-0.3, -0.25) is 5.32 Å². The molecular formula is C17H19N3O5S. The summed E-state index contributed by atoms with van der Waals surface area (Å²) in [6.07, 6.45) is 2.58. The van der Waals surface area contributed by atoms with Gasteiger partial charge in [0.25, 0.3) is 10.0 Å². The van der Waals surface area contributed by atoms with Gasteiger partial charge >= 0.3 is 6.09 Å². The van der Waals surface area contributed by atoms with Gasteiger partial charge in [-0.1, -0.05) is 13.3 Å². The van der Waals surface area contributed by atoms with E-state index in [9.17, 15) is 13.2 Å². The minimum absolute atomic E-state index is 0.0258. The van der Waals surface area contributed by atoms with Gasteiger partial charge < -0.3 is 14.1 Å². The molecule has 0 radical (unpaired) electrons. The maximum Gasteiger partial charge on any atom is 0.411 e. The average Bonchev–Trinajstić information content (AvgIpc) is 3.15. The summed E-state index contributed by atoms with van der Waals surface area (Å²) in [6, 6.07) is 8.00. The number of fused-ring (bicyclic) bond motifs is 1. The Labute approximate surface area is 151 Å². The van der Waals surface area contributed by atoms with E-state index in [0.717, 1.165) is 12.8 Å². The number of rotatable bonds is 5. The number of amidine groups is 1. The van der Waals surface area contributed by atoms with Crippen LogP contribution in [0, 0.1) is 0 Å². The number of anilines is 2. The van der Waals surface area contributed by atoms with Crippen molar-refractivity contribution in [1.29, 1.82) is 0 Å². The second-order valence-corrected chi connectivity index (χ2v) is 7.24. The standard InChI is InChI=1S/C17H19N3O5S/c1-3-4-9-20-13-8-7-12(18-17(21)24-2)11-15(13)26(22,23)19-16(20)14-6-5-10-25-14/h5-8,10-11H,3-4,9H2,1-2H3,(H,18,21). The van der Waals surface area contributed by atoms with E-state index in [1.807, 2.05) is 4.90 Å². The van der Waals surface area contributed by atoms with Gasteiger partial charge in [0, 0.05) is 12.2 Å². The van der Waals surface area contributed by atoms with Crippen LogP contribution in [-0.2, 0) is 14.8 Å². The second-order valence-electron chi connectivity index (χ2n) is 5.67. The molecule has 0 unspecified atom stereocenters. The zero-order valence-corrected chi connectivity index (χ0v) is 15.2. The van der Waals surface area contributed by atoms with Crippen molar-refractivity contribution >= 4 is 33.3 Å². The van der Waals surface area contributed by atoms with Crippen molar-refractivity contribution < 1.29 is 22.4 Å². The van der Waals surface area contributed by atoms with Gasteiger partial charge in [-0.25, -0.2) is 4.79 Å². The molecule has 138 valence electrons. The third kappa shape index (κ3) is 3.43. The van der Waals surface area contributed by atoms with Gasteiger partial charge in [-0.15, -0.1) is 4.40 Å². The molecule has 3 rings (SSSR count). The van der Waals surface area contributed by atoms with E-state index in [-0.39, 0.29) is 10.7 Å². The number of unbranched alkanes of at least 4 members (excludes halogenated alkanes) is 1. The number of benzene rings is 1. The molecule has 2 aromatic rings. The fourth-order valence-electron chi connectivity index (χ4n) is 2.64. The fraction of sp³-hybridized carbons (Fsp3) is 0.294. The summed E-state index contributed by atoms with van der Waals surface area (Å²) in [7, 11) is -2.71. The van der Waals surface area contributed by atoms with Gasteiger partial charge in [-0.2, -0.15) is 8.42 Å². The first-order valence-electron chi connectivity index (χ1n) is 8.11. The summed E-state index contributed by atoms with van der Waals surface area (Å²) in [5.74, 6) is 0.636. The Morgan fingerprint density at radius 1 is 1.35 bits per heavy atom. The summed E-state index contributed by atoms with van der Waals surface area (Å²) < 4.78 is 39.3. The number of amides is 1. The molecule has 1 N–H and O–H groups in total. The fourth-order valence-corrected chi connectivity index (χ4v) is 3.88. The third-order valence-electron chi connectivity index (χ3n) is 3.90. The number of hydrogen-bond acceptors (Lipinski definition) is 6. The summed E-state index contributed by atoms with van der Waals surface area (Å²) in [5.41, 5.74) is 0.807. The highest BCUT2D eigenvalue weighted by molar-refractivity contribution is 7.90. The number of nitrogens with zero attached hydrogens (tertiary/aromatic N) is 2. The van der Waals surface area contributed by atoms with Crippen molar-refractivity contribution in [2.75, 3.05) is 23.9 Å². The number of ether oxygens (including phenoxy) is 1. The highest BCUT2D eigenvalue weighted by atomic mass is 32.2. The minimum Gasteiger partial charge on any atom is -0.461 e. The van der Waals surface area contributed by atoms with E-state index in [1.54, 1.807) is 24.3 Å². The SMILES string of the molecule is CCCCN1C(c2ccco2)=NS(=O)(=O)c2cc(NC(=O)OC)ccc21. The van der Waals surface area contributed by atoms with Crippen molar-refractivity contribution in [2.24, 2.45) is 4.40 Å². The lowest BCUT2D eigenvalue weighted by Gasteiger charge is -2.30. The Bertz CT molecular complexity index is 935. The molecule has 1 amide bonds. The Balaban J connectivity index is 2.09. The molecule has 0 spiro atoms. The second kappa shape index (κ2) is 7.20. The van der Waals surface area contributed by atoms with Crippen molar-refractivity contribution in [3.05, 3.63) is 42.4 Å². The molecule has 0 aliphatic carbocycles. The van der Waals surface area contributed by atoms with E-state index < -0.39 is 16.1 Å². The van der Waals surface area contributed by atoms with Crippen LogP contribution < -0.4 is 10.2 Å². The summed E-state index contributed by atoms with van der Waals surface area (Å²) in [5, 5.41) is 2.47. The number of nitrogens with one attached hydrogen (secondary N) is 1. The normalized spacial score (nSPS) is 15.2. The molecule has 1 aromatic carbocycles. The number of carbonyl (C=O) groups excluding carboxylic acids is 1. The predicted molar refractivity (Wildman–Crippen MR) is 97.2 cm³/mol. The van der Waals surface area contributed by atoms with Crippen LogP contribution in [0.2, 0.25) is 0 Å². The number of carbonyl (C=O) groups is 1. The topological polar surface area (TPSA) is 101 Å². The molecule has 1 aromatic heterocycles. The molecule has 0 atom stereocenters. The van der Waals surface area contributed by atoms with Gasteiger partial charge in [0.05, 0.1) is 19.1 Å². The molecule has 2 heterocycles. The third-order valence-corrected chi connectivity index (χ3v) is 5.20. The smallest absolute Gasteiger partial charge is 0.411 e. The average molecular weight is 377 g/mol. The molecule has 8 nitrogen and oxygen atoms in total. The highest BCUT2D eigenvalue weighted by Crippen LogP contribution is 2.35. The first-order chi connectivity index (χ1) is 12.5. The van der Waals surface area contributed by atoms with Crippen LogP contribution >= 0.6 is 0 Å². The Morgan fingerprint density at radius 3 is 2.81 bits per heavy atom. The van der Waals surface area contributed by atoms with Crippen LogP contribution in [0.25, 0.3) is 0 Å². The highest BCUT2D eigenvalue weighted by Gasteiger charge is 2.32. The van der Waals surface area contributed by atoms with E-state index >= 15 is 0 Å². The minimum atomic E-state index is -3.95. The maximum atomic E-state index is 12.7. The maximum absolute atomic E-state index is 12.7. The molecule has 0 bridgehead atoms. The largest absolute Gasteiger partial charge is 0.461 e. The van der Waals surface area contributed by atoms with Gasteiger partial charge in [0.15, 0.2) is 11.6 Å². The predicted octanol–water partition coefficient (Wildman–Crippen LogP) is 3.21. The van der Waals surface area contributed by atoms with Crippen LogP contribution in [0.5, 0.6) is 0 Å². The Hall–Kier alpha value is -2.81.